The fourth-order valence-corrected chi connectivity index (χ4v) is 3.68. The van der Waals surface area contributed by atoms with Gasteiger partial charge in [0.15, 0.2) is 0 Å². The first-order valence-electron chi connectivity index (χ1n) is 9.32. The molecule has 2 atom stereocenters. The predicted molar refractivity (Wildman–Crippen MR) is 98.0 cm³/mol. The van der Waals surface area contributed by atoms with Crippen LogP contribution in [0.25, 0.3) is 0 Å². The highest BCUT2D eigenvalue weighted by molar-refractivity contribution is 5.80. The predicted octanol–water partition coefficient (Wildman–Crippen LogP) is 2.20. The third-order valence-corrected chi connectivity index (χ3v) is 5.26. The fraction of sp³-hybridized carbons (Fsp3) is 0.737. The van der Waals surface area contributed by atoms with E-state index in [1.54, 1.807) is 0 Å². The molecule has 2 N–H and O–H groups in total. The van der Waals surface area contributed by atoms with Crippen LogP contribution in [0.1, 0.15) is 57.0 Å². The zero-order chi connectivity index (χ0) is 18.7. The lowest BCUT2D eigenvalue weighted by Crippen LogP contribution is -2.48. The molecule has 1 aliphatic heterocycles. The van der Waals surface area contributed by atoms with Gasteiger partial charge in [-0.25, -0.2) is 0 Å². The van der Waals surface area contributed by atoms with Crippen molar-refractivity contribution in [2.75, 3.05) is 6.54 Å². The SMILES string of the molecule is Cc1nn(CC(C)C)c(C)c1CCC(=O)N1C[C@H](C(N)=O)CC[C@H]1C. The second kappa shape index (κ2) is 8.02. The Labute approximate surface area is 150 Å². The van der Waals surface area contributed by atoms with E-state index >= 15 is 0 Å². The van der Waals surface area contributed by atoms with Gasteiger partial charge in [0, 0.05) is 31.2 Å². The number of primary amides is 1. The molecular formula is C19H32N4O2. The molecule has 6 heteroatoms. The smallest absolute Gasteiger partial charge is 0.223 e. The first kappa shape index (κ1) is 19.5. The number of likely N-dealkylation sites (tertiary alicyclic amines) is 1. The van der Waals surface area contributed by atoms with Crippen molar-refractivity contribution < 1.29 is 9.59 Å². The average molecular weight is 348 g/mol. The summed E-state index contributed by atoms with van der Waals surface area (Å²) in [7, 11) is 0. The molecular weight excluding hydrogens is 316 g/mol. The molecule has 0 aromatic carbocycles. The summed E-state index contributed by atoms with van der Waals surface area (Å²) in [4.78, 5) is 26.0. The molecule has 2 heterocycles. The van der Waals surface area contributed by atoms with Crippen LogP contribution in [0.5, 0.6) is 0 Å². The standard InChI is InChI=1S/C19H32N4O2/c1-12(2)10-23-15(5)17(14(4)21-23)8-9-18(24)22-11-16(19(20)25)7-6-13(22)3/h12-13,16H,6-11H2,1-5H3,(H2,20,25)/t13-,16-/m1/s1. The van der Waals surface area contributed by atoms with Crippen molar-refractivity contribution in [3.05, 3.63) is 17.0 Å². The van der Waals surface area contributed by atoms with Crippen molar-refractivity contribution in [3.8, 4) is 0 Å². The van der Waals surface area contributed by atoms with Crippen LogP contribution < -0.4 is 5.73 Å². The zero-order valence-corrected chi connectivity index (χ0v) is 16.2. The number of amides is 2. The van der Waals surface area contributed by atoms with E-state index < -0.39 is 0 Å². The van der Waals surface area contributed by atoms with E-state index in [0.29, 0.717) is 25.3 Å². The Balaban J connectivity index is 2.02. The molecule has 0 bridgehead atoms. The van der Waals surface area contributed by atoms with Crippen LogP contribution in [0, 0.1) is 25.7 Å². The molecule has 0 radical (unpaired) electrons. The molecule has 1 fully saturated rings. The van der Waals surface area contributed by atoms with E-state index in [2.05, 4.69) is 25.9 Å². The summed E-state index contributed by atoms with van der Waals surface area (Å²) in [6, 6.07) is 0.175. The van der Waals surface area contributed by atoms with Gasteiger partial charge in [0.1, 0.15) is 0 Å². The topological polar surface area (TPSA) is 81.2 Å². The molecule has 1 aromatic rings. The van der Waals surface area contributed by atoms with E-state index in [1.807, 2.05) is 23.4 Å². The van der Waals surface area contributed by atoms with Gasteiger partial charge in [0.05, 0.1) is 11.6 Å². The molecule has 140 valence electrons. The van der Waals surface area contributed by atoms with Gasteiger partial charge in [-0.3, -0.25) is 14.3 Å². The number of nitrogens with two attached hydrogens (primary N) is 1. The molecule has 2 amide bonds. The van der Waals surface area contributed by atoms with Gasteiger partial charge >= 0.3 is 0 Å². The Morgan fingerprint density at radius 3 is 2.56 bits per heavy atom. The van der Waals surface area contributed by atoms with Crippen molar-refractivity contribution in [1.29, 1.82) is 0 Å². The van der Waals surface area contributed by atoms with Gasteiger partial charge in [-0.2, -0.15) is 5.10 Å². The normalized spacial score (nSPS) is 21.0. The molecule has 1 aromatic heterocycles. The lowest BCUT2D eigenvalue weighted by molar-refractivity contribution is -0.137. The van der Waals surface area contributed by atoms with Gasteiger partial charge in [-0.15, -0.1) is 0 Å². The summed E-state index contributed by atoms with van der Waals surface area (Å²) in [6.07, 6.45) is 2.76. The lowest BCUT2D eigenvalue weighted by atomic mass is 9.92. The number of rotatable bonds is 6. The Hall–Kier alpha value is -1.85. The summed E-state index contributed by atoms with van der Waals surface area (Å²) in [5, 5.41) is 4.62. The maximum absolute atomic E-state index is 12.7. The number of carbonyl (C=O) groups excluding carboxylic acids is 2. The van der Waals surface area contributed by atoms with E-state index in [9.17, 15) is 9.59 Å². The number of aryl methyl sites for hydroxylation is 1. The molecule has 2 rings (SSSR count). The van der Waals surface area contributed by atoms with E-state index in [-0.39, 0.29) is 23.8 Å². The first-order chi connectivity index (χ1) is 11.7. The summed E-state index contributed by atoms with van der Waals surface area (Å²) in [5.74, 6) is 0.130. The Bertz CT molecular complexity index is 636. The summed E-state index contributed by atoms with van der Waals surface area (Å²) in [5.41, 5.74) is 8.77. The minimum atomic E-state index is -0.300. The van der Waals surface area contributed by atoms with Gasteiger partial charge in [0.25, 0.3) is 0 Å². The van der Waals surface area contributed by atoms with Crippen molar-refractivity contribution >= 4 is 11.8 Å². The summed E-state index contributed by atoms with van der Waals surface area (Å²) >= 11 is 0. The number of hydrogen-bond acceptors (Lipinski definition) is 3. The molecule has 25 heavy (non-hydrogen) atoms. The quantitative estimate of drug-likeness (QED) is 0.856. The largest absolute Gasteiger partial charge is 0.369 e. The Morgan fingerprint density at radius 2 is 1.96 bits per heavy atom. The van der Waals surface area contributed by atoms with Crippen molar-refractivity contribution in [2.45, 2.75) is 72.9 Å². The summed E-state index contributed by atoms with van der Waals surface area (Å²) in [6.45, 7) is 11.8. The van der Waals surface area contributed by atoms with Crippen LogP contribution in [0.3, 0.4) is 0 Å². The number of carbonyl (C=O) groups is 2. The fourth-order valence-electron chi connectivity index (χ4n) is 3.68. The van der Waals surface area contributed by atoms with Gasteiger partial charge in [-0.1, -0.05) is 13.8 Å². The van der Waals surface area contributed by atoms with Crippen molar-refractivity contribution in [3.63, 3.8) is 0 Å². The Morgan fingerprint density at radius 1 is 1.28 bits per heavy atom. The monoisotopic (exact) mass is 348 g/mol. The second-order valence-corrected chi connectivity index (χ2v) is 7.80. The second-order valence-electron chi connectivity index (χ2n) is 7.80. The lowest BCUT2D eigenvalue weighted by Gasteiger charge is -2.37. The molecule has 6 nitrogen and oxygen atoms in total. The average Bonchev–Trinajstić information content (AvgIpc) is 2.78. The first-order valence-corrected chi connectivity index (χ1v) is 9.32. The van der Waals surface area contributed by atoms with E-state index in [1.165, 1.54) is 5.56 Å². The van der Waals surface area contributed by atoms with Crippen LogP contribution in [0.15, 0.2) is 0 Å². The molecule has 0 aliphatic carbocycles. The van der Waals surface area contributed by atoms with Crippen LogP contribution in [0.2, 0.25) is 0 Å². The van der Waals surface area contributed by atoms with Crippen molar-refractivity contribution in [1.82, 2.24) is 14.7 Å². The van der Waals surface area contributed by atoms with Crippen LogP contribution >= 0.6 is 0 Å². The zero-order valence-electron chi connectivity index (χ0n) is 16.2. The maximum Gasteiger partial charge on any atom is 0.223 e. The summed E-state index contributed by atoms with van der Waals surface area (Å²) < 4.78 is 2.05. The minimum Gasteiger partial charge on any atom is -0.369 e. The molecule has 0 saturated carbocycles. The maximum atomic E-state index is 12.7. The minimum absolute atomic E-state index is 0.105. The van der Waals surface area contributed by atoms with E-state index in [0.717, 1.165) is 30.8 Å². The highest BCUT2D eigenvalue weighted by atomic mass is 16.2. The van der Waals surface area contributed by atoms with E-state index in [4.69, 9.17) is 5.73 Å². The van der Waals surface area contributed by atoms with Gasteiger partial charge < -0.3 is 10.6 Å². The highest BCUT2D eigenvalue weighted by Crippen LogP contribution is 2.23. The van der Waals surface area contributed by atoms with Crippen LogP contribution in [-0.2, 0) is 22.6 Å². The third-order valence-electron chi connectivity index (χ3n) is 5.26. The molecule has 1 saturated heterocycles. The molecule has 0 spiro atoms. The molecule has 1 aliphatic rings. The highest BCUT2D eigenvalue weighted by Gasteiger charge is 2.31. The number of piperidine rings is 1. The molecule has 0 unspecified atom stereocenters. The van der Waals surface area contributed by atoms with Gasteiger partial charge in [-0.05, 0) is 51.5 Å². The number of nitrogens with zero attached hydrogens (tertiary/aromatic N) is 3. The Kier molecular flexibility index (Phi) is 6.25. The van der Waals surface area contributed by atoms with Crippen LogP contribution in [0.4, 0.5) is 0 Å². The van der Waals surface area contributed by atoms with Crippen LogP contribution in [-0.4, -0.2) is 39.1 Å². The number of aromatic nitrogens is 2. The van der Waals surface area contributed by atoms with Gasteiger partial charge in [0.2, 0.25) is 11.8 Å². The van der Waals surface area contributed by atoms with Crippen molar-refractivity contribution in [2.24, 2.45) is 17.6 Å². The third kappa shape index (κ3) is 4.61. The number of hydrogen-bond donors (Lipinski definition) is 1.